The van der Waals surface area contributed by atoms with E-state index in [9.17, 15) is 34.0 Å². The zero-order valence-electron chi connectivity index (χ0n) is 34.9. The Morgan fingerprint density at radius 2 is 1.55 bits per heavy atom. The van der Waals surface area contributed by atoms with E-state index in [1.165, 1.54) is 10.7 Å². The molecule has 4 aliphatic heterocycles. The lowest BCUT2D eigenvalue weighted by molar-refractivity contribution is -0.136. The molecule has 0 saturated carbocycles. The fourth-order valence-corrected chi connectivity index (χ4v) is 8.67. The largest absolute Gasteiger partial charge is 0.490 e. The lowest BCUT2D eigenvalue weighted by atomic mass is 9.98. The number of piperazine rings is 1. The molecule has 1 N–H and O–H groups in total. The molecular formula is C47H44N10O7. The van der Waals surface area contributed by atoms with Crippen LogP contribution in [0.1, 0.15) is 57.5 Å². The first-order chi connectivity index (χ1) is 31.1. The van der Waals surface area contributed by atoms with Gasteiger partial charge in [-0.15, -0.1) is 0 Å². The molecule has 3 fully saturated rings. The summed E-state index contributed by atoms with van der Waals surface area (Å²) < 4.78 is 7.49. The summed E-state index contributed by atoms with van der Waals surface area (Å²) in [6, 6.07) is 24.1. The van der Waals surface area contributed by atoms with Crippen LogP contribution in [-0.2, 0) is 20.9 Å². The molecule has 0 radical (unpaired) electrons. The van der Waals surface area contributed by atoms with Crippen LogP contribution < -0.4 is 20.5 Å². The summed E-state index contributed by atoms with van der Waals surface area (Å²) in [5.74, 6) is -0.652. The first-order valence-corrected chi connectivity index (χ1v) is 21.3. The Bertz CT molecular complexity index is 2750. The van der Waals surface area contributed by atoms with Gasteiger partial charge in [0.25, 0.3) is 17.4 Å². The molecule has 324 valence electrons. The predicted octanol–water partition coefficient (Wildman–Crippen LogP) is 3.13. The number of piperidine rings is 2. The quantitative estimate of drug-likeness (QED) is 0.190. The second kappa shape index (κ2) is 18.0. The van der Waals surface area contributed by atoms with Crippen molar-refractivity contribution in [2.45, 2.75) is 38.3 Å². The van der Waals surface area contributed by atoms with Gasteiger partial charge in [0.2, 0.25) is 17.7 Å². The smallest absolute Gasteiger partial charge is 0.267 e. The van der Waals surface area contributed by atoms with E-state index >= 15 is 0 Å². The summed E-state index contributed by atoms with van der Waals surface area (Å²) in [5.41, 5.74) is 4.50. The minimum absolute atomic E-state index is 0.0612. The number of benzene rings is 3. The SMILES string of the molecule is N#Cc1cccc(-c2ccc(=O)n(Cc3cccc(-c4ncc(OCC5CCN(CC(=O)N6CCN(c7ccc8c(c7)C(=O)N(C7CCC(=O)NC7=O)C8=O)CC6)CC5)cn4)c3)n2)c1. The van der Waals surface area contributed by atoms with E-state index in [1.54, 1.807) is 54.9 Å². The number of nitriles is 1. The number of ether oxygens (including phenoxy) is 1. The van der Waals surface area contributed by atoms with E-state index in [0.29, 0.717) is 68.1 Å². The topological polar surface area (TPSA) is 204 Å². The molecule has 5 aromatic rings. The van der Waals surface area contributed by atoms with E-state index in [4.69, 9.17) is 4.74 Å². The zero-order chi connectivity index (χ0) is 44.3. The van der Waals surface area contributed by atoms with Gasteiger partial charge in [-0.25, -0.2) is 14.6 Å². The number of nitrogens with one attached hydrogen (secondary N) is 1. The van der Waals surface area contributed by atoms with Gasteiger partial charge in [-0.05, 0) is 86.3 Å². The van der Waals surface area contributed by atoms with Crippen LogP contribution in [0.25, 0.3) is 22.6 Å². The number of amides is 5. The molecule has 5 amide bonds. The number of imide groups is 2. The molecule has 4 aliphatic rings. The van der Waals surface area contributed by atoms with E-state index in [2.05, 4.69) is 36.3 Å². The Morgan fingerprint density at radius 1 is 0.797 bits per heavy atom. The van der Waals surface area contributed by atoms with Gasteiger partial charge in [0.15, 0.2) is 11.6 Å². The highest BCUT2D eigenvalue weighted by molar-refractivity contribution is 6.23. The maximum atomic E-state index is 13.4. The molecule has 1 atom stereocenters. The van der Waals surface area contributed by atoms with Crippen molar-refractivity contribution in [3.63, 3.8) is 0 Å². The van der Waals surface area contributed by atoms with Gasteiger partial charge in [0.05, 0.1) is 60.5 Å². The van der Waals surface area contributed by atoms with Crippen molar-refractivity contribution in [3.05, 3.63) is 124 Å². The maximum Gasteiger partial charge on any atom is 0.267 e. The Balaban J connectivity index is 0.714. The van der Waals surface area contributed by atoms with Gasteiger partial charge in [0.1, 0.15) is 6.04 Å². The number of carbonyl (C=O) groups is 5. The number of carbonyl (C=O) groups excluding carboxylic acids is 5. The van der Waals surface area contributed by atoms with Crippen LogP contribution in [0.2, 0.25) is 0 Å². The van der Waals surface area contributed by atoms with Gasteiger partial charge in [-0.2, -0.15) is 10.4 Å². The number of rotatable bonds is 11. The molecule has 17 heteroatoms. The fourth-order valence-electron chi connectivity index (χ4n) is 8.67. The van der Waals surface area contributed by atoms with Gasteiger partial charge in [-0.3, -0.25) is 43.9 Å². The number of anilines is 1. The average molecular weight is 861 g/mol. The van der Waals surface area contributed by atoms with Crippen LogP contribution in [0, 0.1) is 17.2 Å². The summed E-state index contributed by atoms with van der Waals surface area (Å²) in [4.78, 5) is 92.8. The third-order valence-electron chi connectivity index (χ3n) is 12.3. The molecule has 1 unspecified atom stereocenters. The van der Waals surface area contributed by atoms with Gasteiger partial charge >= 0.3 is 0 Å². The second-order valence-corrected chi connectivity index (χ2v) is 16.4. The normalized spacial score (nSPS) is 18.2. The molecule has 17 nitrogen and oxygen atoms in total. The fraction of sp³-hybridized carbons (Fsp3) is 0.319. The van der Waals surface area contributed by atoms with Crippen molar-refractivity contribution in [2.75, 3.05) is 57.3 Å². The van der Waals surface area contributed by atoms with Crippen LogP contribution in [0.4, 0.5) is 5.69 Å². The van der Waals surface area contributed by atoms with E-state index in [1.807, 2.05) is 35.2 Å². The molecule has 0 aliphatic carbocycles. The molecule has 6 heterocycles. The van der Waals surface area contributed by atoms with Crippen LogP contribution in [0.15, 0.2) is 96.1 Å². The van der Waals surface area contributed by atoms with Crippen LogP contribution in [0.3, 0.4) is 0 Å². The highest BCUT2D eigenvalue weighted by Crippen LogP contribution is 2.31. The van der Waals surface area contributed by atoms with Crippen molar-refractivity contribution in [1.29, 1.82) is 5.26 Å². The lowest BCUT2D eigenvalue weighted by Gasteiger charge is -2.38. The van der Waals surface area contributed by atoms with Gasteiger partial charge in [0, 0.05) is 55.5 Å². The summed E-state index contributed by atoms with van der Waals surface area (Å²) in [7, 11) is 0. The third-order valence-corrected chi connectivity index (χ3v) is 12.3. The number of aromatic nitrogens is 4. The number of likely N-dealkylation sites (tertiary alicyclic amines) is 1. The predicted molar refractivity (Wildman–Crippen MR) is 232 cm³/mol. The first kappa shape index (κ1) is 41.8. The van der Waals surface area contributed by atoms with Crippen LogP contribution in [-0.4, -0.2) is 122 Å². The highest BCUT2D eigenvalue weighted by atomic mass is 16.5. The monoisotopic (exact) mass is 860 g/mol. The zero-order valence-corrected chi connectivity index (χ0v) is 34.9. The Labute approximate surface area is 367 Å². The summed E-state index contributed by atoms with van der Waals surface area (Å²) in [6.07, 6.45) is 5.27. The first-order valence-electron chi connectivity index (χ1n) is 21.3. The molecule has 0 bridgehead atoms. The molecule has 3 aromatic carbocycles. The van der Waals surface area contributed by atoms with E-state index < -0.39 is 29.7 Å². The van der Waals surface area contributed by atoms with E-state index in [0.717, 1.165) is 53.2 Å². The Morgan fingerprint density at radius 3 is 2.31 bits per heavy atom. The minimum atomic E-state index is -1.01. The maximum absolute atomic E-state index is 13.4. The lowest BCUT2D eigenvalue weighted by Crippen LogP contribution is -2.54. The molecule has 2 aromatic heterocycles. The van der Waals surface area contributed by atoms with Crippen molar-refractivity contribution in [2.24, 2.45) is 5.92 Å². The van der Waals surface area contributed by atoms with Gasteiger partial charge in [-0.1, -0.05) is 30.3 Å². The molecule has 9 rings (SSSR count). The van der Waals surface area contributed by atoms with Crippen molar-refractivity contribution >= 4 is 35.2 Å². The number of fused-ring (bicyclic) bond motifs is 1. The molecule has 64 heavy (non-hydrogen) atoms. The van der Waals surface area contributed by atoms with Crippen molar-refractivity contribution in [1.82, 2.24) is 39.8 Å². The third kappa shape index (κ3) is 8.86. The van der Waals surface area contributed by atoms with Crippen LogP contribution in [0.5, 0.6) is 5.75 Å². The molecule has 3 saturated heterocycles. The number of nitrogens with zero attached hydrogens (tertiary/aromatic N) is 9. The van der Waals surface area contributed by atoms with Crippen LogP contribution >= 0.6 is 0 Å². The second-order valence-electron chi connectivity index (χ2n) is 16.4. The standard InChI is InChI=1S/C47H44N10O7/c48-24-31-3-1-5-33(21-31)39-9-12-42(59)56(52-39)27-32-4-2-6-34(22-32)44-49-25-36(26-50-44)64-29-30-13-15-53(16-14-30)28-43(60)55-19-17-54(18-20-55)35-7-8-37-38(23-35)47(63)57(46(37)62)40-10-11-41(58)51-45(40)61/h1-9,12,21-23,25-26,30,40H,10-11,13-20,27-29H2,(H,51,58,61). The van der Waals surface area contributed by atoms with Gasteiger partial charge < -0.3 is 14.5 Å². The Kier molecular flexibility index (Phi) is 11.8. The van der Waals surface area contributed by atoms with Crippen molar-refractivity contribution in [3.8, 4) is 34.5 Å². The van der Waals surface area contributed by atoms with E-state index in [-0.39, 0.29) is 42.0 Å². The molecular weight excluding hydrogens is 817 g/mol. The summed E-state index contributed by atoms with van der Waals surface area (Å²) in [6.45, 7) is 4.85. The summed E-state index contributed by atoms with van der Waals surface area (Å²) in [5, 5.41) is 16.1. The number of hydrogen-bond donors (Lipinski definition) is 1. The average Bonchev–Trinajstić information content (AvgIpc) is 3.57. The molecule has 0 spiro atoms. The highest BCUT2D eigenvalue weighted by Gasteiger charge is 2.45. The number of hydrogen-bond acceptors (Lipinski definition) is 13. The minimum Gasteiger partial charge on any atom is -0.490 e. The Hall–Kier alpha value is -7.58. The van der Waals surface area contributed by atoms with Crippen molar-refractivity contribution < 1.29 is 28.7 Å². The summed E-state index contributed by atoms with van der Waals surface area (Å²) >= 11 is 0.